The van der Waals surface area contributed by atoms with Crippen LogP contribution in [0.3, 0.4) is 0 Å². The number of carbonyl (C=O) groups is 1. The number of imidazole rings is 1. The first-order valence-electron chi connectivity index (χ1n) is 4.68. The van der Waals surface area contributed by atoms with Gasteiger partial charge < -0.3 is 4.90 Å². The van der Waals surface area contributed by atoms with Crippen molar-refractivity contribution >= 4 is 17.1 Å². The molecule has 0 fully saturated rings. The maximum Gasteiger partial charge on any atom is 0.329 e. The summed E-state index contributed by atoms with van der Waals surface area (Å²) in [5.74, 6) is 0. The fourth-order valence-electron chi connectivity index (χ4n) is 1.47. The summed E-state index contributed by atoms with van der Waals surface area (Å²) in [6.45, 7) is 1.97. The third-order valence-electron chi connectivity index (χ3n) is 2.29. The van der Waals surface area contributed by atoms with Crippen LogP contribution < -0.4 is 0 Å². The second-order valence-electron chi connectivity index (χ2n) is 3.67. The van der Waals surface area contributed by atoms with Crippen LogP contribution in [0.15, 0.2) is 18.2 Å². The molecular formula is C11H12N3O. The number of carbonyl (C=O) groups excluding carboxylic acids is 1. The van der Waals surface area contributed by atoms with Gasteiger partial charge in [0.05, 0.1) is 11.0 Å². The first-order valence-corrected chi connectivity index (χ1v) is 4.68. The number of hydrogen-bond acceptors (Lipinski definition) is 2. The van der Waals surface area contributed by atoms with E-state index in [0.29, 0.717) is 0 Å². The maximum absolute atomic E-state index is 11.7. The molecule has 0 spiro atoms. The van der Waals surface area contributed by atoms with E-state index >= 15 is 0 Å². The molecule has 0 unspecified atom stereocenters. The zero-order valence-corrected chi connectivity index (χ0v) is 8.98. The molecule has 1 heterocycles. The van der Waals surface area contributed by atoms with Crippen LogP contribution >= 0.6 is 0 Å². The maximum atomic E-state index is 11.7. The van der Waals surface area contributed by atoms with Crippen molar-refractivity contribution in [1.82, 2.24) is 14.5 Å². The van der Waals surface area contributed by atoms with Gasteiger partial charge in [0, 0.05) is 14.1 Å². The molecule has 0 aliphatic carbocycles. The summed E-state index contributed by atoms with van der Waals surface area (Å²) in [5, 5.41) is 0. The van der Waals surface area contributed by atoms with E-state index in [9.17, 15) is 4.79 Å². The predicted octanol–water partition coefficient (Wildman–Crippen LogP) is 1.67. The van der Waals surface area contributed by atoms with Crippen molar-refractivity contribution in [2.75, 3.05) is 14.1 Å². The lowest BCUT2D eigenvalue weighted by atomic mass is 10.2. The van der Waals surface area contributed by atoms with Gasteiger partial charge in [0.2, 0.25) is 0 Å². The molecule has 1 amide bonds. The molecule has 2 rings (SSSR count). The molecular weight excluding hydrogens is 190 g/mol. The summed E-state index contributed by atoms with van der Waals surface area (Å²) in [7, 11) is 3.41. The molecule has 0 saturated heterocycles. The molecule has 15 heavy (non-hydrogen) atoms. The highest BCUT2D eigenvalue weighted by molar-refractivity contribution is 5.89. The highest BCUT2D eigenvalue weighted by atomic mass is 16.2. The Balaban J connectivity index is 2.64. The van der Waals surface area contributed by atoms with Gasteiger partial charge in [-0.05, 0) is 18.6 Å². The van der Waals surface area contributed by atoms with E-state index in [-0.39, 0.29) is 6.03 Å². The fourth-order valence-corrected chi connectivity index (χ4v) is 1.47. The van der Waals surface area contributed by atoms with Crippen molar-refractivity contribution in [2.45, 2.75) is 6.92 Å². The number of nitrogens with zero attached hydrogens (tertiary/aromatic N) is 3. The molecule has 2 aromatic rings. The topological polar surface area (TPSA) is 38.1 Å². The third kappa shape index (κ3) is 1.48. The van der Waals surface area contributed by atoms with Crippen LogP contribution in [0.1, 0.15) is 5.56 Å². The van der Waals surface area contributed by atoms with Gasteiger partial charge in [0.25, 0.3) is 0 Å². The van der Waals surface area contributed by atoms with Crippen LogP contribution in [0.4, 0.5) is 4.79 Å². The molecule has 4 nitrogen and oxygen atoms in total. The lowest BCUT2D eigenvalue weighted by Gasteiger charge is -2.10. The monoisotopic (exact) mass is 202 g/mol. The molecule has 1 radical (unpaired) electrons. The van der Waals surface area contributed by atoms with Gasteiger partial charge in [0.15, 0.2) is 6.33 Å². The normalized spacial score (nSPS) is 10.6. The van der Waals surface area contributed by atoms with E-state index in [0.717, 1.165) is 16.6 Å². The summed E-state index contributed by atoms with van der Waals surface area (Å²) in [5.41, 5.74) is 2.68. The summed E-state index contributed by atoms with van der Waals surface area (Å²) >= 11 is 0. The fraction of sp³-hybridized carbons (Fsp3) is 0.273. The van der Waals surface area contributed by atoms with Gasteiger partial charge in [-0.3, -0.25) is 0 Å². The van der Waals surface area contributed by atoms with E-state index in [1.54, 1.807) is 14.1 Å². The first kappa shape index (κ1) is 9.71. The summed E-state index contributed by atoms with van der Waals surface area (Å²) in [6.07, 6.45) is 2.71. The van der Waals surface area contributed by atoms with E-state index in [1.807, 2.05) is 25.1 Å². The molecule has 4 heteroatoms. The lowest BCUT2D eigenvalue weighted by molar-refractivity contribution is 0.220. The molecule has 0 bridgehead atoms. The van der Waals surface area contributed by atoms with Gasteiger partial charge in [0.1, 0.15) is 0 Å². The number of rotatable bonds is 0. The number of hydrogen-bond donors (Lipinski definition) is 0. The number of benzene rings is 1. The van der Waals surface area contributed by atoms with Crippen molar-refractivity contribution in [1.29, 1.82) is 0 Å². The quantitative estimate of drug-likeness (QED) is 0.651. The summed E-state index contributed by atoms with van der Waals surface area (Å²) in [6, 6.07) is 5.61. The Kier molecular flexibility index (Phi) is 2.19. The highest BCUT2D eigenvalue weighted by Crippen LogP contribution is 2.16. The van der Waals surface area contributed by atoms with Crippen molar-refractivity contribution in [2.24, 2.45) is 0 Å². The Morgan fingerprint density at radius 1 is 1.47 bits per heavy atom. The van der Waals surface area contributed by atoms with E-state index in [2.05, 4.69) is 11.3 Å². The van der Waals surface area contributed by atoms with Gasteiger partial charge in [-0.2, -0.15) is 0 Å². The molecule has 1 aromatic carbocycles. The van der Waals surface area contributed by atoms with Gasteiger partial charge in [-0.15, -0.1) is 0 Å². The van der Waals surface area contributed by atoms with Crippen molar-refractivity contribution in [3.8, 4) is 0 Å². The van der Waals surface area contributed by atoms with Crippen molar-refractivity contribution in [3.05, 3.63) is 30.1 Å². The van der Waals surface area contributed by atoms with Crippen LogP contribution in [0, 0.1) is 13.3 Å². The second kappa shape index (κ2) is 3.38. The van der Waals surface area contributed by atoms with E-state index in [1.165, 1.54) is 9.47 Å². The average molecular weight is 202 g/mol. The number of fused-ring (bicyclic) bond motifs is 1. The third-order valence-corrected chi connectivity index (χ3v) is 2.29. The number of aryl methyl sites for hydroxylation is 1. The molecule has 0 N–H and O–H groups in total. The van der Waals surface area contributed by atoms with E-state index in [4.69, 9.17) is 0 Å². The molecule has 1 aromatic heterocycles. The number of para-hydroxylation sites is 1. The largest absolute Gasteiger partial charge is 0.330 e. The van der Waals surface area contributed by atoms with Gasteiger partial charge in [-0.25, -0.2) is 14.3 Å². The summed E-state index contributed by atoms with van der Waals surface area (Å²) in [4.78, 5) is 17.4. The standard InChI is InChI=1S/C11H12N3O/c1-8-5-4-6-9-10(8)12-7-14(9)11(15)13(2)3/h4-6H,1-3H3. The predicted molar refractivity (Wildman–Crippen MR) is 57.8 cm³/mol. The van der Waals surface area contributed by atoms with Gasteiger partial charge in [-0.1, -0.05) is 12.1 Å². The Bertz CT molecular complexity index is 514. The van der Waals surface area contributed by atoms with Crippen LogP contribution in [-0.4, -0.2) is 34.6 Å². The zero-order valence-electron chi connectivity index (χ0n) is 8.98. The van der Waals surface area contributed by atoms with Crippen LogP contribution in [0.25, 0.3) is 11.0 Å². The number of aromatic nitrogens is 2. The SMILES string of the molecule is Cc1cccc2c1n[c]n2C(=O)N(C)C. The Morgan fingerprint density at radius 3 is 2.87 bits per heavy atom. The zero-order chi connectivity index (χ0) is 11.0. The second-order valence-corrected chi connectivity index (χ2v) is 3.67. The summed E-state index contributed by atoms with van der Waals surface area (Å²) < 4.78 is 1.43. The van der Waals surface area contributed by atoms with Gasteiger partial charge >= 0.3 is 6.03 Å². The Labute approximate surface area is 88.1 Å². The minimum atomic E-state index is -0.136. The number of amides is 1. The molecule has 77 valence electrons. The Morgan fingerprint density at radius 2 is 2.20 bits per heavy atom. The minimum Gasteiger partial charge on any atom is -0.330 e. The van der Waals surface area contributed by atoms with Crippen molar-refractivity contribution < 1.29 is 4.79 Å². The molecule has 0 aliphatic rings. The Hall–Kier alpha value is -1.84. The van der Waals surface area contributed by atoms with Crippen LogP contribution in [0.2, 0.25) is 0 Å². The minimum absolute atomic E-state index is 0.136. The highest BCUT2D eigenvalue weighted by Gasteiger charge is 2.12. The molecule has 0 saturated carbocycles. The van der Waals surface area contributed by atoms with Crippen molar-refractivity contribution in [3.63, 3.8) is 0 Å². The average Bonchev–Trinajstić information content (AvgIpc) is 2.61. The van der Waals surface area contributed by atoms with Crippen LogP contribution in [0.5, 0.6) is 0 Å². The van der Waals surface area contributed by atoms with Crippen LogP contribution in [-0.2, 0) is 0 Å². The smallest absolute Gasteiger partial charge is 0.329 e. The first-order chi connectivity index (χ1) is 7.11. The molecule has 0 atom stereocenters. The molecule has 0 aliphatic heterocycles. The lowest BCUT2D eigenvalue weighted by Crippen LogP contribution is -2.26. The van der Waals surface area contributed by atoms with E-state index < -0.39 is 0 Å².